The number of carbonyl (C=O) groups excluding carboxylic acids is 1. The summed E-state index contributed by atoms with van der Waals surface area (Å²) in [5.74, 6) is 2.02. The standard InChI is InChI=1S/C21H23N3O4/c1-14-22-9-10-24(14)17-7-5-15(6-8-17)13-23-21(25)16-11-18(26-2)20(28-4)19(12-16)27-3/h5-12H,13H2,1-4H3,(H,23,25). The van der Waals surface area contributed by atoms with Crippen molar-refractivity contribution < 1.29 is 19.0 Å². The molecule has 28 heavy (non-hydrogen) atoms. The van der Waals surface area contributed by atoms with Crippen LogP contribution in [0.15, 0.2) is 48.8 Å². The summed E-state index contributed by atoms with van der Waals surface area (Å²) in [5, 5.41) is 2.91. The highest BCUT2D eigenvalue weighted by Crippen LogP contribution is 2.38. The van der Waals surface area contributed by atoms with Gasteiger partial charge in [-0.1, -0.05) is 12.1 Å². The Hall–Kier alpha value is -3.48. The molecule has 0 saturated carbocycles. The van der Waals surface area contributed by atoms with Gasteiger partial charge in [-0.25, -0.2) is 4.98 Å². The molecule has 0 atom stereocenters. The Labute approximate surface area is 163 Å². The number of hydrogen-bond donors (Lipinski definition) is 1. The molecular formula is C21H23N3O4. The van der Waals surface area contributed by atoms with Gasteiger partial charge in [0.1, 0.15) is 5.82 Å². The summed E-state index contributed by atoms with van der Waals surface area (Å²) >= 11 is 0. The minimum Gasteiger partial charge on any atom is -0.493 e. The third-order valence-corrected chi connectivity index (χ3v) is 4.42. The fraction of sp³-hybridized carbons (Fsp3) is 0.238. The highest BCUT2D eigenvalue weighted by molar-refractivity contribution is 5.95. The van der Waals surface area contributed by atoms with E-state index >= 15 is 0 Å². The average molecular weight is 381 g/mol. The van der Waals surface area contributed by atoms with E-state index in [-0.39, 0.29) is 5.91 Å². The van der Waals surface area contributed by atoms with Crippen molar-refractivity contribution in [2.24, 2.45) is 0 Å². The molecule has 1 aromatic heterocycles. The zero-order valence-electron chi connectivity index (χ0n) is 16.4. The van der Waals surface area contributed by atoms with Crippen molar-refractivity contribution in [2.75, 3.05) is 21.3 Å². The summed E-state index contributed by atoms with van der Waals surface area (Å²) in [4.78, 5) is 16.8. The molecule has 7 nitrogen and oxygen atoms in total. The monoisotopic (exact) mass is 381 g/mol. The number of nitrogens with zero attached hydrogens (tertiary/aromatic N) is 2. The van der Waals surface area contributed by atoms with Gasteiger partial charge in [-0.05, 0) is 36.8 Å². The molecule has 3 aromatic rings. The molecule has 0 aliphatic heterocycles. The van der Waals surface area contributed by atoms with Crippen molar-refractivity contribution >= 4 is 5.91 Å². The summed E-state index contributed by atoms with van der Waals surface area (Å²) < 4.78 is 17.9. The number of hydrogen-bond acceptors (Lipinski definition) is 5. The predicted molar refractivity (Wildman–Crippen MR) is 106 cm³/mol. The van der Waals surface area contributed by atoms with Gasteiger partial charge in [0.15, 0.2) is 11.5 Å². The molecule has 0 radical (unpaired) electrons. The van der Waals surface area contributed by atoms with Crippen molar-refractivity contribution in [1.29, 1.82) is 0 Å². The van der Waals surface area contributed by atoms with Gasteiger partial charge in [0.05, 0.1) is 21.3 Å². The molecule has 0 aliphatic carbocycles. The highest BCUT2D eigenvalue weighted by Gasteiger charge is 2.16. The van der Waals surface area contributed by atoms with E-state index in [1.54, 1.807) is 18.3 Å². The van der Waals surface area contributed by atoms with Crippen LogP contribution >= 0.6 is 0 Å². The Morgan fingerprint density at radius 2 is 1.68 bits per heavy atom. The van der Waals surface area contributed by atoms with Gasteiger partial charge in [-0.15, -0.1) is 0 Å². The molecule has 0 spiro atoms. The second-order valence-corrected chi connectivity index (χ2v) is 6.11. The van der Waals surface area contributed by atoms with Crippen LogP contribution in [0.5, 0.6) is 17.2 Å². The maximum absolute atomic E-state index is 12.6. The average Bonchev–Trinajstić information content (AvgIpc) is 3.16. The molecule has 1 N–H and O–H groups in total. The molecule has 1 heterocycles. The Morgan fingerprint density at radius 3 is 2.18 bits per heavy atom. The number of rotatable bonds is 7. The molecule has 3 rings (SSSR count). The van der Waals surface area contributed by atoms with Crippen molar-refractivity contribution in [3.8, 4) is 22.9 Å². The number of methoxy groups -OCH3 is 3. The van der Waals surface area contributed by atoms with Crippen LogP contribution in [0.4, 0.5) is 0 Å². The van der Waals surface area contributed by atoms with Crippen LogP contribution in [0.1, 0.15) is 21.7 Å². The Morgan fingerprint density at radius 1 is 1.04 bits per heavy atom. The largest absolute Gasteiger partial charge is 0.493 e. The number of ether oxygens (including phenoxy) is 3. The van der Waals surface area contributed by atoms with Gasteiger partial charge >= 0.3 is 0 Å². The highest BCUT2D eigenvalue weighted by atomic mass is 16.5. The van der Waals surface area contributed by atoms with Gasteiger partial charge in [0.2, 0.25) is 5.75 Å². The summed E-state index contributed by atoms with van der Waals surface area (Å²) in [6.45, 7) is 2.35. The Balaban J connectivity index is 1.71. The number of nitrogens with one attached hydrogen (secondary N) is 1. The second-order valence-electron chi connectivity index (χ2n) is 6.11. The quantitative estimate of drug-likeness (QED) is 0.681. The van der Waals surface area contributed by atoms with Crippen LogP contribution in [0.3, 0.4) is 0 Å². The lowest BCUT2D eigenvalue weighted by molar-refractivity contribution is 0.0950. The summed E-state index contributed by atoms with van der Waals surface area (Å²) in [5.41, 5.74) is 2.44. The molecule has 0 fully saturated rings. The normalized spacial score (nSPS) is 10.4. The maximum Gasteiger partial charge on any atom is 0.251 e. The van der Waals surface area contributed by atoms with E-state index in [0.717, 1.165) is 17.1 Å². The Kier molecular flexibility index (Phi) is 5.84. The number of amides is 1. The van der Waals surface area contributed by atoms with E-state index < -0.39 is 0 Å². The number of aromatic nitrogens is 2. The summed E-state index contributed by atoms with van der Waals surface area (Å²) in [6, 6.07) is 11.2. The van der Waals surface area contributed by atoms with Crippen molar-refractivity contribution in [1.82, 2.24) is 14.9 Å². The first-order valence-electron chi connectivity index (χ1n) is 8.74. The van der Waals surface area contributed by atoms with Crippen LogP contribution in [-0.4, -0.2) is 36.8 Å². The van der Waals surface area contributed by atoms with E-state index in [2.05, 4.69) is 10.3 Å². The van der Waals surface area contributed by atoms with Gasteiger partial charge in [-0.3, -0.25) is 4.79 Å². The maximum atomic E-state index is 12.6. The third-order valence-electron chi connectivity index (χ3n) is 4.42. The topological polar surface area (TPSA) is 74.6 Å². The fourth-order valence-electron chi connectivity index (χ4n) is 2.92. The fourth-order valence-corrected chi connectivity index (χ4v) is 2.92. The van der Waals surface area contributed by atoms with Crippen LogP contribution in [-0.2, 0) is 6.54 Å². The van der Waals surface area contributed by atoms with E-state index in [1.807, 2.05) is 42.0 Å². The first-order valence-corrected chi connectivity index (χ1v) is 8.74. The van der Waals surface area contributed by atoms with Crippen molar-refractivity contribution in [3.05, 3.63) is 65.7 Å². The summed E-state index contributed by atoms with van der Waals surface area (Å²) in [7, 11) is 4.56. The lowest BCUT2D eigenvalue weighted by Crippen LogP contribution is -2.23. The number of benzene rings is 2. The smallest absolute Gasteiger partial charge is 0.251 e. The minimum atomic E-state index is -0.228. The molecule has 146 valence electrons. The number of aryl methyl sites for hydroxylation is 1. The lowest BCUT2D eigenvalue weighted by atomic mass is 10.1. The zero-order valence-corrected chi connectivity index (χ0v) is 16.4. The molecule has 1 amide bonds. The van der Waals surface area contributed by atoms with Crippen molar-refractivity contribution in [2.45, 2.75) is 13.5 Å². The Bertz CT molecular complexity index is 939. The first-order chi connectivity index (χ1) is 13.6. The van der Waals surface area contributed by atoms with Crippen molar-refractivity contribution in [3.63, 3.8) is 0 Å². The molecular weight excluding hydrogens is 358 g/mol. The van der Waals surface area contributed by atoms with E-state index in [1.165, 1.54) is 21.3 Å². The molecule has 2 aromatic carbocycles. The van der Waals surface area contributed by atoms with Crippen LogP contribution in [0.2, 0.25) is 0 Å². The van der Waals surface area contributed by atoms with Gasteiger partial charge in [0.25, 0.3) is 5.91 Å². The zero-order chi connectivity index (χ0) is 20.1. The summed E-state index contributed by atoms with van der Waals surface area (Å²) in [6.07, 6.45) is 3.68. The van der Waals surface area contributed by atoms with Crippen LogP contribution in [0.25, 0.3) is 5.69 Å². The van der Waals surface area contributed by atoms with E-state index in [0.29, 0.717) is 29.4 Å². The number of imidazole rings is 1. The third kappa shape index (κ3) is 3.93. The second kappa shape index (κ2) is 8.47. The molecule has 7 heteroatoms. The van der Waals surface area contributed by atoms with Crippen LogP contribution in [0, 0.1) is 6.92 Å². The molecule has 0 saturated heterocycles. The number of carbonyl (C=O) groups is 1. The SMILES string of the molecule is COc1cc(C(=O)NCc2ccc(-n3ccnc3C)cc2)cc(OC)c1OC. The predicted octanol–water partition coefficient (Wildman–Crippen LogP) is 3.14. The van der Waals surface area contributed by atoms with Gasteiger partial charge in [0, 0.05) is 30.2 Å². The first kappa shape index (κ1) is 19.3. The van der Waals surface area contributed by atoms with E-state index in [4.69, 9.17) is 14.2 Å². The van der Waals surface area contributed by atoms with Gasteiger partial charge < -0.3 is 24.1 Å². The minimum absolute atomic E-state index is 0.228. The lowest BCUT2D eigenvalue weighted by Gasteiger charge is -2.14. The van der Waals surface area contributed by atoms with E-state index in [9.17, 15) is 4.79 Å². The van der Waals surface area contributed by atoms with Crippen LogP contribution < -0.4 is 19.5 Å². The molecule has 0 unspecified atom stereocenters. The molecule has 0 aliphatic rings. The molecule has 0 bridgehead atoms. The van der Waals surface area contributed by atoms with Gasteiger partial charge in [-0.2, -0.15) is 0 Å².